The molecule has 1 aromatic heterocycles. The lowest BCUT2D eigenvalue weighted by atomic mass is 10.2. The van der Waals surface area contributed by atoms with E-state index in [1.807, 2.05) is 0 Å². The summed E-state index contributed by atoms with van der Waals surface area (Å²) in [6.07, 6.45) is 2.04. The van der Waals surface area contributed by atoms with Crippen LogP contribution in [0.1, 0.15) is 28.8 Å². The Kier molecular flexibility index (Phi) is 6.78. The number of nitrogens with zero attached hydrogens (tertiary/aromatic N) is 2. The molecule has 31 heavy (non-hydrogen) atoms. The summed E-state index contributed by atoms with van der Waals surface area (Å²) in [5, 5.41) is 17.6. The van der Waals surface area contributed by atoms with Crippen LogP contribution in [0, 0.1) is 5.82 Å². The van der Waals surface area contributed by atoms with Gasteiger partial charge in [-0.2, -0.15) is 0 Å². The van der Waals surface area contributed by atoms with Crippen LogP contribution in [0.15, 0.2) is 52.9 Å². The minimum atomic E-state index is -0.273. The Balaban J connectivity index is 1.23. The number of hydrogen-bond acceptors (Lipinski definition) is 7. The summed E-state index contributed by atoms with van der Waals surface area (Å²) in [6.45, 7) is 0.505. The zero-order chi connectivity index (χ0) is 21.6. The molecule has 1 heterocycles. The summed E-state index contributed by atoms with van der Waals surface area (Å²) >= 11 is 2.63. The van der Waals surface area contributed by atoms with Crippen LogP contribution >= 0.6 is 23.1 Å². The predicted molar refractivity (Wildman–Crippen MR) is 120 cm³/mol. The zero-order valence-corrected chi connectivity index (χ0v) is 18.1. The van der Waals surface area contributed by atoms with E-state index in [1.165, 1.54) is 35.2 Å². The molecule has 1 aliphatic rings. The number of rotatable bonds is 9. The van der Waals surface area contributed by atoms with E-state index >= 15 is 0 Å². The number of benzene rings is 2. The van der Waals surface area contributed by atoms with E-state index in [4.69, 9.17) is 0 Å². The molecule has 0 atom stereocenters. The van der Waals surface area contributed by atoms with Gasteiger partial charge in [-0.05, 0) is 48.7 Å². The van der Waals surface area contributed by atoms with Crippen LogP contribution in [0.3, 0.4) is 0 Å². The van der Waals surface area contributed by atoms with E-state index < -0.39 is 0 Å². The summed E-state index contributed by atoms with van der Waals surface area (Å²) in [6, 6.07) is 13.4. The lowest BCUT2D eigenvalue weighted by Crippen LogP contribution is -2.25. The van der Waals surface area contributed by atoms with Crippen molar-refractivity contribution < 1.29 is 14.0 Å². The molecule has 0 aliphatic heterocycles. The third kappa shape index (κ3) is 6.50. The summed E-state index contributed by atoms with van der Waals surface area (Å²) in [5.41, 5.74) is 2.03. The van der Waals surface area contributed by atoms with Crippen LogP contribution in [-0.2, 0) is 11.3 Å². The van der Waals surface area contributed by atoms with Crippen molar-refractivity contribution in [1.29, 1.82) is 0 Å². The van der Waals surface area contributed by atoms with Crippen molar-refractivity contribution in [3.63, 3.8) is 0 Å². The maximum absolute atomic E-state index is 12.9. The number of aromatic nitrogens is 2. The number of hydrogen-bond donors (Lipinski definition) is 3. The van der Waals surface area contributed by atoms with E-state index in [1.54, 1.807) is 36.4 Å². The van der Waals surface area contributed by atoms with Gasteiger partial charge in [0.15, 0.2) is 4.34 Å². The molecule has 0 unspecified atom stereocenters. The van der Waals surface area contributed by atoms with Gasteiger partial charge in [-0.15, -0.1) is 10.2 Å². The normalized spacial score (nSPS) is 12.9. The molecule has 10 heteroatoms. The van der Waals surface area contributed by atoms with Gasteiger partial charge < -0.3 is 16.0 Å². The second-order valence-electron chi connectivity index (χ2n) is 7.02. The average Bonchev–Trinajstić information content (AvgIpc) is 3.46. The molecule has 1 aliphatic carbocycles. The minimum Gasteiger partial charge on any atom is -0.356 e. The molecule has 2 aromatic carbocycles. The van der Waals surface area contributed by atoms with Crippen LogP contribution in [-0.4, -0.2) is 33.8 Å². The first-order valence-electron chi connectivity index (χ1n) is 9.70. The van der Waals surface area contributed by atoms with Gasteiger partial charge in [-0.3, -0.25) is 9.59 Å². The molecule has 2 amide bonds. The molecule has 0 radical (unpaired) electrons. The smallest absolute Gasteiger partial charge is 0.251 e. The molecule has 7 nitrogen and oxygen atoms in total. The standard InChI is InChI=1S/C21H20FN5O2S2/c22-15-6-4-13(5-7-15)11-23-20-26-27-21(31-20)30-12-18(28)24-17-3-1-2-14(10-17)19(29)25-16-8-9-16/h1-7,10,16H,8-9,11-12H2,(H,23,26)(H,24,28)(H,25,29). The van der Waals surface area contributed by atoms with Gasteiger partial charge in [-0.25, -0.2) is 4.39 Å². The first-order valence-corrected chi connectivity index (χ1v) is 11.5. The highest BCUT2D eigenvalue weighted by Crippen LogP contribution is 2.26. The van der Waals surface area contributed by atoms with E-state index in [-0.39, 0.29) is 29.4 Å². The highest BCUT2D eigenvalue weighted by atomic mass is 32.2. The molecule has 1 saturated carbocycles. The maximum atomic E-state index is 12.9. The summed E-state index contributed by atoms with van der Waals surface area (Å²) in [4.78, 5) is 24.4. The highest BCUT2D eigenvalue weighted by Gasteiger charge is 2.23. The number of amides is 2. The summed E-state index contributed by atoms with van der Waals surface area (Å²) in [7, 11) is 0. The number of anilines is 2. The Morgan fingerprint density at radius 3 is 2.71 bits per heavy atom. The predicted octanol–water partition coefficient (Wildman–Crippen LogP) is 3.91. The molecule has 3 aromatic rings. The highest BCUT2D eigenvalue weighted by molar-refractivity contribution is 8.01. The molecule has 0 bridgehead atoms. The quantitative estimate of drug-likeness (QED) is 0.422. The molecule has 3 N–H and O–H groups in total. The SMILES string of the molecule is O=C(CSc1nnc(NCc2ccc(F)cc2)s1)Nc1cccc(C(=O)NC2CC2)c1. The number of thioether (sulfide) groups is 1. The van der Waals surface area contributed by atoms with Crippen molar-refractivity contribution in [2.24, 2.45) is 0 Å². The monoisotopic (exact) mass is 457 g/mol. The van der Waals surface area contributed by atoms with Crippen LogP contribution in [0.4, 0.5) is 15.2 Å². The zero-order valence-electron chi connectivity index (χ0n) is 16.4. The number of carbonyl (C=O) groups excluding carboxylic acids is 2. The fourth-order valence-electron chi connectivity index (χ4n) is 2.68. The van der Waals surface area contributed by atoms with Gasteiger partial charge in [0.25, 0.3) is 5.91 Å². The number of nitrogens with one attached hydrogen (secondary N) is 3. The summed E-state index contributed by atoms with van der Waals surface area (Å²) in [5.74, 6) is -0.418. The minimum absolute atomic E-state index is 0.123. The van der Waals surface area contributed by atoms with Gasteiger partial charge in [0.1, 0.15) is 5.82 Å². The van der Waals surface area contributed by atoms with Crippen molar-refractivity contribution in [3.8, 4) is 0 Å². The van der Waals surface area contributed by atoms with E-state index in [0.29, 0.717) is 27.3 Å². The lowest BCUT2D eigenvalue weighted by molar-refractivity contribution is -0.113. The van der Waals surface area contributed by atoms with E-state index in [2.05, 4.69) is 26.1 Å². The molecular weight excluding hydrogens is 437 g/mol. The molecule has 4 rings (SSSR count). The van der Waals surface area contributed by atoms with Crippen molar-refractivity contribution in [2.75, 3.05) is 16.4 Å². The largest absolute Gasteiger partial charge is 0.356 e. The Morgan fingerprint density at radius 2 is 1.94 bits per heavy atom. The first-order chi connectivity index (χ1) is 15.0. The van der Waals surface area contributed by atoms with Crippen molar-refractivity contribution in [1.82, 2.24) is 15.5 Å². The second-order valence-corrected chi connectivity index (χ2v) is 9.22. The van der Waals surface area contributed by atoms with Gasteiger partial charge >= 0.3 is 0 Å². The Labute approximate surface area is 186 Å². The lowest BCUT2D eigenvalue weighted by Gasteiger charge is -2.07. The van der Waals surface area contributed by atoms with E-state index in [0.717, 1.165) is 18.4 Å². The third-order valence-electron chi connectivity index (χ3n) is 4.41. The molecular formula is C21H20FN5O2S2. The first kappa shape index (κ1) is 21.3. The van der Waals surface area contributed by atoms with Crippen LogP contribution in [0.5, 0.6) is 0 Å². The topological polar surface area (TPSA) is 96.0 Å². The maximum Gasteiger partial charge on any atom is 0.251 e. The van der Waals surface area contributed by atoms with Crippen molar-refractivity contribution >= 4 is 45.7 Å². The van der Waals surface area contributed by atoms with E-state index in [9.17, 15) is 14.0 Å². The summed E-state index contributed by atoms with van der Waals surface area (Å²) < 4.78 is 13.6. The van der Waals surface area contributed by atoms with Gasteiger partial charge in [0.05, 0.1) is 5.75 Å². The average molecular weight is 458 g/mol. The van der Waals surface area contributed by atoms with Crippen LogP contribution in [0.2, 0.25) is 0 Å². The molecule has 0 saturated heterocycles. The van der Waals surface area contributed by atoms with Crippen LogP contribution < -0.4 is 16.0 Å². The van der Waals surface area contributed by atoms with Gasteiger partial charge in [-0.1, -0.05) is 41.3 Å². The Bertz CT molecular complexity index is 1070. The Morgan fingerprint density at radius 1 is 1.13 bits per heavy atom. The van der Waals surface area contributed by atoms with Crippen molar-refractivity contribution in [3.05, 3.63) is 65.5 Å². The number of halogens is 1. The number of carbonyl (C=O) groups is 2. The van der Waals surface area contributed by atoms with Crippen LogP contribution in [0.25, 0.3) is 0 Å². The third-order valence-corrected chi connectivity index (χ3v) is 6.43. The molecule has 0 spiro atoms. The Hall–Kier alpha value is -2.98. The fourth-order valence-corrected chi connectivity index (χ4v) is 4.23. The second kappa shape index (κ2) is 9.88. The van der Waals surface area contributed by atoms with Gasteiger partial charge in [0.2, 0.25) is 11.0 Å². The fraction of sp³-hybridized carbons (Fsp3) is 0.238. The molecule has 1 fully saturated rings. The van der Waals surface area contributed by atoms with Crippen molar-refractivity contribution in [2.45, 2.75) is 29.8 Å². The molecule has 160 valence electrons. The van der Waals surface area contributed by atoms with Gasteiger partial charge in [0, 0.05) is 23.8 Å².